The third kappa shape index (κ3) is 7.26. The maximum atomic E-state index is 13.0. The minimum absolute atomic E-state index is 0.276. The van der Waals surface area contributed by atoms with Crippen molar-refractivity contribution in [2.24, 2.45) is 0 Å². The number of carbonyl (C=O) groups is 3. The Balaban J connectivity index is 1.82. The van der Waals surface area contributed by atoms with Crippen molar-refractivity contribution in [1.29, 1.82) is 0 Å². The lowest BCUT2D eigenvalue weighted by Crippen LogP contribution is -2.35. The van der Waals surface area contributed by atoms with E-state index < -0.39 is 0 Å². The minimum atomic E-state index is -0.339. The van der Waals surface area contributed by atoms with Gasteiger partial charge in [0.2, 0.25) is 0 Å². The second-order valence-corrected chi connectivity index (χ2v) is 8.68. The van der Waals surface area contributed by atoms with Gasteiger partial charge in [-0.1, -0.05) is 49.2 Å². The third-order valence-electron chi connectivity index (χ3n) is 6.01. The number of carbonyl (C=O) groups excluding carboxylic acids is 3. The van der Waals surface area contributed by atoms with Gasteiger partial charge in [-0.25, -0.2) is 0 Å². The molecule has 188 valence electrons. The van der Waals surface area contributed by atoms with Gasteiger partial charge in [-0.3, -0.25) is 14.4 Å². The molecule has 0 aliphatic rings. The Morgan fingerprint density at radius 2 is 1.22 bits per heavy atom. The number of hydrogen-bond acceptors (Lipinski definition) is 4. The molecule has 0 fully saturated rings. The van der Waals surface area contributed by atoms with E-state index in [2.05, 4.69) is 34.7 Å². The first-order chi connectivity index (χ1) is 17.3. The maximum Gasteiger partial charge on any atom is 0.255 e. The second-order valence-electron chi connectivity index (χ2n) is 8.68. The highest BCUT2D eigenvalue weighted by molar-refractivity contribution is 6.10. The van der Waals surface area contributed by atoms with E-state index in [0.29, 0.717) is 34.6 Å². The zero-order valence-electron chi connectivity index (χ0n) is 21.4. The molecule has 0 saturated heterocycles. The first kappa shape index (κ1) is 26.6. The summed E-state index contributed by atoms with van der Waals surface area (Å²) in [7, 11) is 0. The highest BCUT2D eigenvalue weighted by Gasteiger charge is 2.17. The number of amides is 3. The molecule has 0 unspecified atom stereocenters. The number of hydrogen-bond donors (Lipinski definition) is 3. The van der Waals surface area contributed by atoms with Crippen molar-refractivity contribution in [3.8, 4) is 0 Å². The van der Waals surface area contributed by atoms with Crippen molar-refractivity contribution in [3.63, 3.8) is 0 Å². The molecule has 3 aromatic rings. The van der Waals surface area contributed by atoms with E-state index in [-0.39, 0.29) is 17.7 Å². The standard InChI is InChI=1S/C29H34N4O3/c1-5-33(6-2)18-17-30-29(36)25-16-15-24(31-27(34)22-11-7-20(3)8-12-22)19-26(25)32-28(35)23-13-9-21(4)10-14-23/h7-16,19H,5-6,17-18H2,1-4H3,(H,30,36)(H,31,34)(H,32,35). The van der Waals surface area contributed by atoms with Crippen molar-refractivity contribution >= 4 is 29.1 Å². The first-order valence-electron chi connectivity index (χ1n) is 12.2. The van der Waals surface area contributed by atoms with Gasteiger partial charge in [-0.05, 0) is 69.4 Å². The highest BCUT2D eigenvalue weighted by atomic mass is 16.2. The van der Waals surface area contributed by atoms with Gasteiger partial charge in [0, 0.05) is 29.9 Å². The molecule has 0 atom stereocenters. The molecule has 0 aromatic heterocycles. The molecule has 3 N–H and O–H groups in total. The molecule has 7 nitrogen and oxygen atoms in total. The van der Waals surface area contributed by atoms with Crippen LogP contribution in [0.2, 0.25) is 0 Å². The summed E-state index contributed by atoms with van der Waals surface area (Å²) in [5.74, 6) is -0.908. The Morgan fingerprint density at radius 1 is 0.694 bits per heavy atom. The molecule has 0 spiro atoms. The number of rotatable bonds is 10. The molecule has 0 radical (unpaired) electrons. The van der Waals surface area contributed by atoms with E-state index in [9.17, 15) is 14.4 Å². The summed E-state index contributed by atoms with van der Waals surface area (Å²) in [6.07, 6.45) is 0. The van der Waals surface area contributed by atoms with Crippen LogP contribution in [0.4, 0.5) is 11.4 Å². The normalized spacial score (nSPS) is 10.7. The number of aryl methyl sites for hydroxylation is 2. The summed E-state index contributed by atoms with van der Waals surface area (Å²) in [5, 5.41) is 8.63. The van der Waals surface area contributed by atoms with Crippen LogP contribution in [0.25, 0.3) is 0 Å². The van der Waals surface area contributed by atoms with Gasteiger partial charge in [0.25, 0.3) is 17.7 Å². The number of nitrogens with zero attached hydrogens (tertiary/aromatic N) is 1. The molecule has 3 aromatic carbocycles. The average Bonchev–Trinajstić information content (AvgIpc) is 2.87. The lowest BCUT2D eigenvalue weighted by molar-refractivity contribution is 0.0949. The monoisotopic (exact) mass is 486 g/mol. The molecule has 3 amide bonds. The van der Waals surface area contributed by atoms with Crippen molar-refractivity contribution < 1.29 is 14.4 Å². The van der Waals surface area contributed by atoms with Crippen LogP contribution in [-0.2, 0) is 0 Å². The van der Waals surface area contributed by atoms with Crippen molar-refractivity contribution in [2.45, 2.75) is 27.7 Å². The average molecular weight is 487 g/mol. The predicted molar refractivity (Wildman–Crippen MR) is 145 cm³/mol. The molecule has 36 heavy (non-hydrogen) atoms. The molecule has 7 heteroatoms. The Hall–Kier alpha value is -3.97. The molecule has 0 heterocycles. The van der Waals surface area contributed by atoms with E-state index in [1.165, 1.54) is 0 Å². The molecule has 3 rings (SSSR count). The van der Waals surface area contributed by atoms with Gasteiger partial charge in [-0.15, -0.1) is 0 Å². The number of nitrogens with one attached hydrogen (secondary N) is 3. The lowest BCUT2D eigenvalue weighted by atomic mass is 10.1. The van der Waals surface area contributed by atoms with Crippen LogP contribution in [0.15, 0.2) is 66.7 Å². The quantitative estimate of drug-likeness (QED) is 0.381. The first-order valence-corrected chi connectivity index (χ1v) is 12.2. The fraction of sp³-hybridized carbons (Fsp3) is 0.276. The molecular formula is C29H34N4O3. The van der Waals surface area contributed by atoms with E-state index in [1.807, 2.05) is 38.1 Å². The SMILES string of the molecule is CCN(CC)CCNC(=O)c1ccc(NC(=O)c2ccc(C)cc2)cc1NC(=O)c1ccc(C)cc1. The summed E-state index contributed by atoms with van der Waals surface area (Å²) in [6, 6.07) is 19.3. The Morgan fingerprint density at radius 3 is 1.75 bits per heavy atom. The van der Waals surface area contributed by atoms with Gasteiger partial charge >= 0.3 is 0 Å². The van der Waals surface area contributed by atoms with Crippen LogP contribution in [-0.4, -0.2) is 48.8 Å². The Bertz CT molecular complexity index is 1200. The molecule has 0 aliphatic carbocycles. The Kier molecular flexibility index (Phi) is 9.36. The molecule has 0 bridgehead atoms. The van der Waals surface area contributed by atoms with Crippen LogP contribution in [0.3, 0.4) is 0 Å². The van der Waals surface area contributed by atoms with E-state index >= 15 is 0 Å². The second kappa shape index (κ2) is 12.7. The van der Waals surface area contributed by atoms with E-state index in [0.717, 1.165) is 30.8 Å². The Labute approximate surface area is 212 Å². The number of anilines is 2. The highest BCUT2D eigenvalue weighted by Crippen LogP contribution is 2.23. The molecular weight excluding hydrogens is 452 g/mol. The fourth-order valence-corrected chi connectivity index (χ4v) is 3.69. The van der Waals surface area contributed by atoms with Gasteiger partial charge in [0.1, 0.15) is 0 Å². The summed E-state index contributed by atoms with van der Waals surface area (Å²) < 4.78 is 0. The summed E-state index contributed by atoms with van der Waals surface area (Å²) in [6.45, 7) is 11.1. The topological polar surface area (TPSA) is 90.5 Å². The third-order valence-corrected chi connectivity index (χ3v) is 6.01. The van der Waals surface area contributed by atoms with Gasteiger partial charge in [-0.2, -0.15) is 0 Å². The lowest BCUT2D eigenvalue weighted by Gasteiger charge is -2.18. The zero-order valence-corrected chi connectivity index (χ0v) is 21.4. The fourth-order valence-electron chi connectivity index (χ4n) is 3.69. The van der Waals surface area contributed by atoms with Crippen LogP contribution < -0.4 is 16.0 Å². The van der Waals surface area contributed by atoms with Crippen molar-refractivity contribution in [3.05, 3.63) is 94.5 Å². The number of likely N-dealkylation sites (N-methyl/N-ethyl adjacent to an activating group) is 1. The van der Waals surface area contributed by atoms with E-state index in [1.54, 1.807) is 42.5 Å². The summed E-state index contributed by atoms with van der Waals surface area (Å²) in [4.78, 5) is 40.9. The van der Waals surface area contributed by atoms with Crippen LogP contribution >= 0.6 is 0 Å². The van der Waals surface area contributed by atoms with E-state index in [4.69, 9.17) is 0 Å². The summed E-state index contributed by atoms with van der Waals surface area (Å²) >= 11 is 0. The van der Waals surface area contributed by atoms with Crippen LogP contribution in [0.1, 0.15) is 56.0 Å². The largest absolute Gasteiger partial charge is 0.351 e. The van der Waals surface area contributed by atoms with Gasteiger partial charge < -0.3 is 20.9 Å². The van der Waals surface area contributed by atoms with Crippen LogP contribution in [0, 0.1) is 13.8 Å². The summed E-state index contributed by atoms with van der Waals surface area (Å²) in [5.41, 5.74) is 4.21. The zero-order chi connectivity index (χ0) is 26.1. The maximum absolute atomic E-state index is 13.0. The minimum Gasteiger partial charge on any atom is -0.351 e. The number of benzene rings is 3. The van der Waals surface area contributed by atoms with Crippen LogP contribution in [0.5, 0.6) is 0 Å². The van der Waals surface area contributed by atoms with Crippen molar-refractivity contribution in [2.75, 3.05) is 36.8 Å². The van der Waals surface area contributed by atoms with Crippen molar-refractivity contribution in [1.82, 2.24) is 10.2 Å². The van der Waals surface area contributed by atoms with Gasteiger partial charge in [0.05, 0.1) is 11.3 Å². The van der Waals surface area contributed by atoms with Gasteiger partial charge in [0.15, 0.2) is 0 Å². The molecule has 0 saturated carbocycles. The predicted octanol–water partition coefficient (Wildman–Crippen LogP) is 4.88. The smallest absolute Gasteiger partial charge is 0.255 e. The molecule has 0 aliphatic heterocycles.